The highest BCUT2D eigenvalue weighted by atomic mass is 79.9. The Balaban J connectivity index is 2.07. The van der Waals surface area contributed by atoms with Crippen molar-refractivity contribution in [3.63, 3.8) is 0 Å². The van der Waals surface area contributed by atoms with Crippen molar-refractivity contribution >= 4 is 27.7 Å². The number of hydrogen-bond donors (Lipinski definition) is 1. The van der Waals surface area contributed by atoms with Crippen molar-refractivity contribution in [2.45, 2.75) is 32.1 Å². The third kappa shape index (κ3) is 3.62. The lowest BCUT2D eigenvalue weighted by molar-refractivity contribution is -0.140. The Hall–Kier alpha value is -1.92. The standard InChI is InChI=1S/C20H22BrNO4/c1-12-17(20(24)26-11-10-25-2)18(13-6-3-4-7-14(13)21)19-15(22-12)8-5-9-16(19)23/h3-4,6-7,18,22H,5,8-11H2,1-2H3/t18-/m1/s1. The molecular weight excluding hydrogens is 398 g/mol. The van der Waals surface area contributed by atoms with E-state index in [1.807, 2.05) is 31.2 Å². The largest absolute Gasteiger partial charge is 0.460 e. The molecule has 0 radical (unpaired) electrons. The normalized spacial score (nSPS) is 20.0. The number of carbonyl (C=O) groups excluding carboxylic acids is 2. The summed E-state index contributed by atoms with van der Waals surface area (Å²) < 4.78 is 11.2. The van der Waals surface area contributed by atoms with Crippen LogP contribution < -0.4 is 5.32 Å². The number of halogens is 1. The van der Waals surface area contributed by atoms with E-state index in [0.29, 0.717) is 24.2 Å². The first-order chi connectivity index (χ1) is 12.5. The number of ether oxygens (including phenoxy) is 2. The van der Waals surface area contributed by atoms with E-state index in [1.165, 1.54) is 0 Å². The topological polar surface area (TPSA) is 64.6 Å². The quantitative estimate of drug-likeness (QED) is 0.583. The highest BCUT2D eigenvalue weighted by molar-refractivity contribution is 9.10. The van der Waals surface area contributed by atoms with Gasteiger partial charge in [0.05, 0.1) is 12.2 Å². The van der Waals surface area contributed by atoms with E-state index in [9.17, 15) is 9.59 Å². The predicted molar refractivity (Wildman–Crippen MR) is 101 cm³/mol. The van der Waals surface area contributed by atoms with Gasteiger partial charge in [-0.25, -0.2) is 4.79 Å². The Bertz CT molecular complexity index is 797. The van der Waals surface area contributed by atoms with Crippen LogP contribution in [0.15, 0.2) is 51.3 Å². The third-order valence-corrected chi connectivity index (χ3v) is 5.45. The first-order valence-electron chi connectivity index (χ1n) is 8.69. The van der Waals surface area contributed by atoms with Gasteiger partial charge in [-0.05, 0) is 31.4 Å². The molecule has 1 aliphatic heterocycles. The molecule has 2 aliphatic rings. The lowest BCUT2D eigenvalue weighted by Gasteiger charge is -2.34. The molecule has 1 N–H and O–H groups in total. The van der Waals surface area contributed by atoms with Crippen molar-refractivity contribution in [3.8, 4) is 0 Å². The van der Waals surface area contributed by atoms with E-state index in [0.717, 1.165) is 34.3 Å². The van der Waals surface area contributed by atoms with Crippen molar-refractivity contribution in [1.29, 1.82) is 0 Å². The molecule has 0 aromatic heterocycles. The molecule has 1 aliphatic carbocycles. The van der Waals surface area contributed by atoms with Gasteiger partial charge in [-0.2, -0.15) is 0 Å². The molecule has 0 spiro atoms. The van der Waals surface area contributed by atoms with Gasteiger partial charge in [-0.1, -0.05) is 34.1 Å². The second kappa shape index (κ2) is 8.18. The second-order valence-corrected chi connectivity index (χ2v) is 7.27. The fourth-order valence-corrected chi connectivity index (χ4v) is 4.08. The van der Waals surface area contributed by atoms with Crippen molar-refractivity contribution in [2.75, 3.05) is 20.3 Å². The van der Waals surface area contributed by atoms with Gasteiger partial charge >= 0.3 is 5.97 Å². The molecule has 5 nitrogen and oxygen atoms in total. The van der Waals surface area contributed by atoms with Crippen LogP contribution in [0.1, 0.15) is 37.7 Å². The Morgan fingerprint density at radius 3 is 2.77 bits per heavy atom. The maximum absolute atomic E-state index is 12.8. The number of nitrogens with one attached hydrogen (secondary N) is 1. The summed E-state index contributed by atoms with van der Waals surface area (Å²) in [6.45, 7) is 2.37. The maximum Gasteiger partial charge on any atom is 0.336 e. The minimum atomic E-state index is -0.426. The zero-order valence-corrected chi connectivity index (χ0v) is 16.5. The zero-order valence-electron chi connectivity index (χ0n) is 14.9. The molecule has 138 valence electrons. The number of hydrogen-bond acceptors (Lipinski definition) is 5. The zero-order chi connectivity index (χ0) is 18.7. The first kappa shape index (κ1) is 18.9. The van der Waals surface area contributed by atoms with Gasteiger partial charge in [-0.15, -0.1) is 0 Å². The molecule has 6 heteroatoms. The number of benzene rings is 1. The molecule has 3 rings (SSSR count). The SMILES string of the molecule is COCCOC(=O)C1=C(C)NC2=C(C(=O)CCC2)[C@@H]1c1ccccc1Br. The van der Waals surface area contributed by atoms with Gasteiger partial charge in [0, 0.05) is 40.9 Å². The van der Waals surface area contributed by atoms with Crippen LogP contribution in [0.5, 0.6) is 0 Å². The minimum Gasteiger partial charge on any atom is -0.460 e. The maximum atomic E-state index is 12.8. The van der Waals surface area contributed by atoms with Gasteiger partial charge in [0.1, 0.15) is 6.61 Å². The van der Waals surface area contributed by atoms with E-state index in [2.05, 4.69) is 21.2 Å². The Morgan fingerprint density at radius 1 is 1.27 bits per heavy atom. The molecule has 0 bridgehead atoms. The molecular formula is C20H22BrNO4. The van der Waals surface area contributed by atoms with E-state index in [-0.39, 0.29) is 12.4 Å². The third-order valence-electron chi connectivity index (χ3n) is 4.73. The summed E-state index contributed by atoms with van der Waals surface area (Å²) in [5.41, 5.74) is 3.74. The number of dihydropyridines is 1. The number of methoxy groups -OCH3 is 1. The van der Waals surface area contributed by atoms with E-state index in [4.69, 9.17) is 9.47 Å². The van der Waals surface area contributed by atoms with Crippen molar-refractivity contribution in [3.05, 3.63) is 56.8 Å². The van der Waals surface area contributed by atoms with E-state index >= 15 is 0 Å². The summed E-state index contributed by atoms with van der Waals surface area (Å²) in [6, 6.07) is 7.70. The summed E-state index contributed by atoms with van der Waals surface area (Å²) in [5, 5.41) is 3.28. The van der Waals surface area contributed by atoms with Crippen LogP contribution in [0.3, 0.4) is 0 Å². The average molecular weight is 420 g/mol. The molecule has 0 amide bonds. The van der Waals surface area contributed by atoms with Gasteiger partial charge in [0.15, 0.2) is 5.78 Å². The van der Waals surface area contributed by atoms with Crippen LogP contribution in [0.25, 0.3) is 0 Å². The molecule has 0 saturated carbocycles. The number of allylic oxidation sites excluding steroid dienone is 3. The van der Waals surface area contributed by atoms with E-state index in [1.54, 1.807) is 7.11 Å². The highest BCUT2D eigenvalue weighted by Gasteiger charge is 2.39. The smallest absolute Gasteiger partial charge is 0.336 e. The van der Waals surface area contributed by atoms with Crippen LogP contribution in [0, 0.1) is 0 Å². The van der Waals surface area contributed by atoms with Gasteiger partial charge < -0.3 is 14.8 Å². The summed E-state index contributed by atoms with van der Waals surface area (Å²) in [7, 11) is 1.56. The molecule has 0 fully saturated rings. The summed E-state index contributed by atoms with van der Waals surface area (Å²) in [4.78, 5) is 25.6. The van der Waals surface area contributed by atoms with Gasteiger partial charge in [0.2, 0.25) is 0 Å². The number of rotatable bonds is 5. The highest BCUT2D eigenvalue weighted by Crippen LogP contribution is 2.44. The van der Waals surface area contributed by atoms with Crippen LogP contribution in [-0.4, -0.2) is 32.1 Å². The van der Waals surface area contributed by atoms with Crippen molar-refractivity contribution in [1.82, 2.24) is 5.32 Å². The molecule has 1 atom stereocenters. The number of carbonyl (C=O) groups is 2. The monoisotopic (exact) mass is 419 g/mol. The predicted octanol–water partition coefficient (Wildman–Crippen LogP) is 3.61. The van der Waals surface area contributed by atoms with E-state index < -0.39 is 11.9 Å². The fourth-order valence-electron chi connectivity index (χ4n) is 3.57. The second-order valence-electron chi connectivity index (χ2n) is 6.42. The number of esters is 1. The Labute approximate surface area is 161 Å². The molecule has 26 heavy (non-hydrogen) atoms. The molecule has 0 unspecified atom stereocenters. The van der Waals surface area contributed by atoms with Crippen LogP contribution in [-0.2, 0) is 19.1 Å². The van der Waals surface area contributed by atoms with Crippen molar-refractivity contribution in [2.24, 2.45) is 0 Å². The molecule has 1 heterocycles. The fraction of sp³-hybridized carbons (Fsp3) is 0.400. The summed E-state index contributed by atoms with van der Waals surface area (Å²) >= 11 is 3.58. The lowest BCUT2D eigenvalue weighted by Crippen LogP contribution is -2.34. The van der Waals surface area contributed by atoms with Crippen LogP contribution in [0.2, 0.25) is 0 Å². The molecule has 0 saturated heterocycles. The van der Waals surface area contributed by atoms with Gasteiger partial charge in [0.25, 0.3) is 0 Å². The molecule has 1 aromatic rings. The number of Topliss-reactive ketones (excluding diaryl/α,β-unsaturated/α-hetero) is 1. The van der Waals surface area contributed by atoms with Crippen LogP contribution >= 0.6 is 15.9 Å². The lowest BCUT2D eigenvalue weighted by atomic mass is 9.75. The summed E-state index contributed by atoms with van der Waals surface area (Å²) in [6.07, 6.45) is 2.14. The first-order valence-corrected chi connectivity index (χ1v) is 9.48. The number of ketones is 1. The average Bonchev–Trinajstić information content (AvgIpc) is 2.61. The minimum absolute atomic E-state index is 0.0918. The van der Waals surface area contributed by atoms with Crippen molar-refractivity contribution < 1.29 is 19.1 Å². The Morgan fingerprint density at radius 2 is 2.04 bits per heavy atom. The summed E-state index contributed by atoms with van der Waals surface area (Å²) in [5.74, 6) is -0.753. The molecule has 1 aromatic carbocycles. The Kier molecular flexibility index (Phi) is 5.94. The van der Waals surface area contributed by atoms with Gasteiger partial charge in [-0.3, -0.25) is 4.79 Å². The van der Waals surface area contributed by atoms with Crippen LogP contribution in [0.4, 0.5) is 0 Å².